The molecule has 0 aromatic heterocycles. The molecule has 4 rings (SSSR count). The lowest BCUT2D eigenvalue weighted by molar-refractivity contribution is 0.0600. The SMILES string of the molecule is COC(=O)c1ccc(C=Nc2ccc3c4c(cccc24)CC3)cc1. The van der Waals surface area contributed by atoms with Crippen LogP contribution < -0.4 is 0 Å². The van der Waals surface area contributed by atoms with E-state index in [0.29, 0.717) is 5.56 Å². The largest absolute Gasteiger partial charge is 0.465 e. The lowest BCUT2D eigenvalue weighted by atomic mass is 10.0. The summed E-state index contributed by atoms with van der Waals surface area (Å²) in [5.74, 6) is -0.328. The predicted octanol–water partition coefficient (Wildman–Crippen LogP) is 4.48. The molecule has 0 heterocycles. The van der Waals surface area contributed by atoms with E-state index in [1.807, 2.05) is 18.3 Å². The fraction of sp³-hybridized carbons (Fsp3) is 0.143. The first-order chi connectivity index (χ1) is 11.8. The Bertz CT molecular complexity index is 945. The second-order valence-electron chi connectivity index (χ2n) is 5.96. The van der Waals surface area contributed by atoms with Crippen molar-refractivity contribution in [3.63, 3.8) is 0 Å². The molecular formula is C21H17NO2. The molecule has 3 heteroatoms. The van der Waals surface area contributed by atoms with Crippen LogP contribution in [0.3, 0.4) is 0 Å². The van der Waals surface area contributed by atoms with Crippen LogP contribution in [0.15, 0.2) is 59.6 Å². The van der Waals surface area contributed by atoms with Gasteiger partial charge >= 0.3 is 5.97 Å². The standard InChI is InChI=1S/C21H17NO2/c1-24-21(23)17-7-5-14(6-8-17)13-22-19-12-11-16-10-9-15-3-2-4-18(19)20(15)16/h2-8,11-13H,9-10H2,1H3. The Hall–Kier alpha value is -2.94. The van der Waals surface area contributed by atoms with E-state index in [1.54, 1.807) is 12.1 Å². The van der Waals surface area contributed by atoms with Gasteiger partial charge < -0.3 is 4.74 Å². The van der Waals surface area contributed by atoms with Crippen molar-refractivity contribution < 1.29 is 9.53 Å². The van der Waals surface area contributed by atoms with Crippen LogP contribution in [0.5, 0.6) is 0 Å². The van der Waals surface area contributed by atoms with Crippen molar-refractivity contribution in [1.29, 1.82) is 0 Å². The molecule has 0 bridgehead atoms. The molecule has 0 saturated heterocycles. The van der Waals surface area contributed by atoms with E-state index >= 15 is 0 Å². The molecule has 3 nitrogen and oxygen atoms in total. The third kappa shape index (κ3) is 2.48. The topological polar surface area (TPSA) is 38.7 Å². The Morgan fingerprint density at radius 2 is 1.75 bits per heavy atom. The van der Waals surface area contributed by atoms with Gasteiger partial charge in [-0.1, -0.05) is 36.4 Å². The van der Waals surface area contributed by atoms with E-state index in [2.05, 4.69) is 35.3 Å². The maximum atomic E-state index is 11.5. The molecule has 118 valence electrons. The van der Waals surface area contributed by atoms with Crippen LogP contribution in [-0.2, 0) is 17.6 Å². The highest BCUT2D eigenvalue weighted by Crippen LogP contribution is 2.36. The van der Waals surface area contributed by atoms with Crippen LogP contribution in [0.2, 0.25) is 0 Å². The molecular weight excluding hydrogens is 298 g/mol. The number of aryl methyl sites for hydroxylation is 2. The number of methoxy groups -OCH3 is 1. The van der Waals surface area contributed by atoms with Gasteiger partial charge in [0.25, 0.3) is 0 Å². The molecule has 1 aliphatic carbocycles. The first-order valence-electron chi connectivity index (χ1n) is 8.02. The lowest BCUT2D eigenvalue weighted by Crippen LogP contribution is -2.00. The molecule has 0 N–H and O–H groups in total. The van der Waals surface area contributed by atoms with E-state index in [9.17, 15) is 4.79 Å². The Balaban J connectivity index is 1.67. The van der Waals surface area contributed by atoms with Crippen molar-refractivity contribution in [2.75, 3.05) is 7.11 Å². The van der Waals surface area contributed by atoms with Crippen LogP contribution in [0.25, 0.3) is 10.8 Å². The van der Waals surface area contributed by atoms with E-state index < -0.39 is 0 Å². The normalized spacial score (nSPS) is 12.9. The minimum Gasteiger partial charge on any atom is -0.465 e. The molecule has 0 radical (unpaired) electrons. The summed E-state index contributed by atoms with van der Waals surface area (Å²) < 4.78 is 4.71. The van der Waals surface area contributed by atoms with Crippen LogP contribution >= 0.6 is 0 Å². The third-order valence-corrected chi connectivity index (χ3v) is 4.54. The maximum Gasteiger partial charge on any atom is 0.337 e. The van der Waals surface area contributed by atoms with E-state index in [1.165, 1.54) is 29.0 Å². The van der Waals surface area contributed by atoms with Crippen molar-refractivity contribution >= 4 is 28.6 Å². The van der Waals surface area contributed by atoms with Crippen molar-refractivity contribution in [2.24, 2.45) is 4.99 Å². The summed E-state index contributed by atoms with van der Waals surface area (Å²) in [5, 5.41) is 2.58. The smallest absolute Gasteiger partial charge is 0.337 e. The number of aliphatic imine (C=N–C) groups is 1. The molecule has 3 aromatic carbocycles. The Morgan fingerprint density at radius 1 is 1.00 bits per heavy atom. The van der Waals surface area contributed by atoms with Crippen LogP contribution in [0.4, 0.5) is 5.69 Å². The van der Waals surface area contributed by atoms with E-state index in [0.717, 1.165) is 24.1 Å². The first kappa shape index (κ1) is 14.6. The van der Waals surface area contributed by atoms with Gasteiger partial charge in [-0.2, -0.15) is 0 Å². The molecule has 0 atom stereocenters. The molecule has 1 aliphatic rings. The summed E-state index contributed by atoms with van der Waals surface area (Å²) in [6.45, 7) is 0. The molecule has 0 amide bonds. The second kappa shape index (κ2) is 5.93. The first-order valence-corrected chi connectivity index (χ1v) is 8.02. The predicted molar refractivity (Wildman–Crippen MR) is 96.4 cm³/mol. The number of carbonyl (C=O) groups is 1. The molecule has 0 saturated carbocycles. The van der Waals surface area contributed by atoms with Crippen LogP contribution in [0, 0.1) is 0 Å². The monoisotopic (exact) mass is 315 g/mol. The fourth-order valence-corrected chi connectivity index (χ4v) is 3.31. The average molecular weight is 315 g/mol. The number of nitrogens with zero attached hydrogens (tertiary/aromatic N) is 1. The van der Waals surface area contributed by atoms with Crippen molar-refractivity contribution in [2.45, 2.75) is 12.8 Å². The summed E-state index contributed by atoms with van der Waals surface area (Å²) in [6, 6.07) is 18.0. The van der Waals surface area contributed by atoms with Gasteiger partial charge in [-0.25, -0.2) is 4.79 Å². The number of carbonyl (C=O) groups excluding carboxylic acids is 1. The minimum atomic E-state index is -0.328. The van der Waals surface area contributed by atoms with Crippen molar-refractivity contribution in [1.82, 2.24) is 0 Å². The Labute approximate surface area is 140 Å². The van der Waals surface area contributed by atoms with Gasteiger partial charge in [0.1, 0.15) is 0 Å². The molecule has 0 unspecified atom stereocenters. The number of ether oxygens (including phenoxy) is 1. The van der Waals surface area contributed by atoms with Gasteiger partial charge in [-0.05, 0) is 53.1 Å². The number of hydrogen-bond acceptors (Lipinski definition) is 3. The number of benzene rings is 3. The third-order valence-electron chi connectivity index (χ3n) is 4.54. The second-order valence-corrected chi connectivity index (χ2v) is 5.96. The number of rotatable bonds is 3. The van der Waals surface area contributed by atoms with Crippen LogP contribution in [-0.4, -0.2) is 19.3 Å². The van der Waals surface area contributed by atoms with Crippen molar-refractivity contribution in [3.8, 4) is 0 Å². The van der Waals surface area contributed by atoms with Crippen molar-refractivity contribution in [3.05, 3.63) is 76.9 Å². The minimum absolute atomic E-state index is 0.328. The zero-order valence-electron chi connectivity index (χ0n) is 13.5. The van der Waals surface area contributed by atoms with E-state index in [4.69, 9.17) is 4.74 Å². The summed E-state index contributed by atoms with van der Waals surface area (Å²) in [4.78, 5) is 16.1. The highest BCUT2D eigenvalue weighted by Gasteiger charge is 2.15. The fourth-order valence-electron chi connectivity index (χ4n) is 3.31. The average Bonchev–Trinajstić information content (AvgIpc) is 3.06. The molecule has 24 heavy (non-hydrogen) atoms. The molecule has 0 spiro atoms. The Kier molecular flexibility index (Phi) is 3.62. The summed E-state index contributed by atoms with van der Waals surface area (Å²) in [6.07, 6.45) is 4.07. The lowest BCUT2D eigenvalue weighted by Gasteiger charge is -2.05. The Morgan fingerprint density at radius 3 is 2.50 bits per heavy atom. The number of esters is 1. The van der Waals surface area contributed by atoms with Gasteiger partial charge in [-0.3, -0.25) is 4.99 Å². The highest BCUT2D eigenvalue weighted by molar-refractivity contribution is 6.00. The van der Waals surface area contributed by atoms with Crippen LogP contribution in [0.1, 0.15) is 27.0 Å². The highest BCUT2D eigenvalue weighted by atomic mass is 16.5. The summed E-state index contributed by atoms with van der Waals surface area (Å²) in [5.41, 5.74) is 5.31. The molecule has 0 fully saturated rings. The summed E-state index contributed by atoms with van der Waals surface area (Å²) >= 11 is 0. The van der Waals surface area contributed by atoms with Gasteiger partial charge in [0, 0.05) is 11.6 Å². The van der Waals surface area contributed by atoms with Gasteiger partial charge in [0.15, 0.2) is 0 Å². The molecule has 0 aliphatic heterocycles. The molecule has 3 aromatic rings. The van der Waals surface area contributed by atoms with Gasteiger partial charge in [0.2, 0.25) is 0 Å². The quantitative estimate of drug-likeness (QED) is 0.528. The number of hydrogen-bond donors (Lipinski definition) is 0. The zero-order valence-corrected chi connectivity index (χ0v) is 13.5. The zero-order chi connectivity index (χ0) is 16.5. The van der Waals surface area contributed by atoms with Gasteiger partial charge in [0.05, 0.1) is 18.4 Å². The summed E-state index contributed by atoms with van der Waals surface area (Å²) in [7, 11) is 1.38. The van der Waals surface area contributed by atoms with E-state index in [-0.39, 0.29) is 5.97 Å². The van der Waals surface area contributed by atoms with Gasteiger partial charge in [-0.15, -0.1) is 0 Å². The maximum absolute atomic E-state index is 11.5.